The lowest BCUT2D eigenvalue weighted by atomic mass is 10.0. The summed E-state index contributed by atoms with van der Waals surface area (Å²) in [5.74, 6) is 1.55. The molecule has 25 heavy (non-hydrogen) atoms. The van der Waals surface area contributed by atoms with Gasteiger partial charge in [-0.3, -0.25) is 0 Å². The van der Waals surface area contributed by atoms with Crippen LogP contribution in [0.5, 0.6) is 5.75 Å². The quantitative estimate of drug-likeness (QED) is 0.332. The van der Waals surface area contributed by atoms with Crippen molar-refractivity contribution in [3.8, 4) is 11.8 Å². The van der Waals surface area contributed by atoms with Crippen LogP contribution in [-0.4, -0.2) is 0 Å². The van der Waals surface area contributed by atoms with Gasteiger partial charge in [0.05, 0.1) is 17.4 Å². The average molecular weight is 325 g/mol. The van der Waals surface area contributed by atoms with E-state index in [9.17, 15) is 0 Å². The molecule has 124 valence electrons. The van der Waals surface area contributed by atoms with E-state index in [4.69, 9.17) is 10.00 Å². The minimum absolute atomic E-state index is 0.621. The second-order valence-corrected chi connectivity index (χ2v) is 5.91. The molecule has 0 heterocycles. The fourth-order valence-electron chi connectivity index (χ4n) is 2.62. The number of nitriles is 1. The third kappa shape index (κ3) is 3.97. The zero-order chi connectivity index (χ0) is 17.6. The topological polar surface area (TPSA) is 33.0 Å². The summed E-state index contributed by atoms with van der Waals surface area (Å²) in [5, 5.41) is 8.94. The predicted molar refractivity (Wildman–Crippen MR) is 102 cm³/mol. The van der Waals surface area contributed by atoms with Crippen LogP contribution < -0.4 is 4.74 Å². The van der Waals surface area contributed by atoms with Gasteiger partial charge < -0.3 is 4.74 Å². The highest BCUT2D eigenvalue weighted by molar-refractivity contribution is 5.72. The van der Waals surface area contributed by atoms with E-state index in [2.05, 4.69) is 38.1 Å². The maximum atomic E-state index is 8.94. The molecule has 0 aliphatic heterocycles. The minimum atomic E-state index is 0.621. The summed E-state index contributed by atoms with van der Waals surface area (Å²) < 4.78 is 6.19. The molecule has 0 atom stereocenters. The largest absolute Gasteiger partial charge is 0.476 e. The zero-order valence-electron chi connectivity index (χ0n) is 14.4. The van der Waals surface area contributed by atoms with Crippen molar-refractivity contribution in [2.45, 2.75) is 13.8 Å². The molecular weight excluding hydrogens is 306 g/mol. The van der Waals surface area contributed by atoms with Crippen LogP contribution in [0.1, 0.15) is 30.5 Å². The number of benzene rings is 1. The van der Waals surface area contributed by atoms with Crippen molar-refractivity contribution in [2.75, 3.05) is 0 Å². The number of rotatable bonds is 5. The van der Waals surface area contributed by atoms with Crippen LogP contribution in [-0.2, 0) is 0 Å². The first kappa shape index (κ1) is 16.5. The smallest absolute Gasteiger partial charge is 0.125 e. The molecule has 0 N–H and O–H groups in total. The summed E-state index contributed by atoms with van der Waals surface area (Å²) in [7, 11) is 0. The van der Waals surface area contributed by atoms with Crippen LogP contribution in [0.4, 0.5) is 0 Å². The van der Waals surface area contributed by atoms with Gasteiger partial charge >= 0.3 is 0 Å². The van der Waals surface area contributed by atoms with Crippen molar-refractivity contribution < 1.29 is 4.74 Å². The average Bonchev–Trinajstić information content (AvgIpc) is 3.33. The molecule has 0 saturated heterocycles. The number of hydrogen-bond donors (Lipinski definition) is 0. The minimum Gasteiger partial charge on any atom is -0.476 e. The molecule has 0 bridgehead atoms. The fourth-order valence-corrected chi connectivity index (χ4v) is 2.62. The monoisotopic (exact) mass is 325 g/mol. The first-order valence-electron chi connectivity index (χ1n) is 8.19. The van der Waals surface area contributed by atoms with Crippen molar-refractivity contribution in [2.24, 2.45) is 0 Å². The molecule has 3 rings (SSSR count). The molecule has 0 radical (unpaired) electrons. The summed E-state index contributed by atoms with van der Waals surface area (Å²) in [4.78, 5) is 0. The van der Waals surface area contributed by atoms with Gasteiger partial charge in [0.25, 0.3) is 0 Å². The lowest BCUT2D eigenvalue weighted by Gasteiger charge is -2.19. The van der Waals surface area contributed by atoms with Crippen molar-refractivity contribution in [3.05, 3.63) is 101 Å². The number of nitrogens with zero attached hydrogens (tertiary/aromatic N) is 1. The van der Waals surface area contributed by atoms with E-state index in [0.717, 1.165) is 28.2 Å². The molecule has 0 unspecified atom stereocenters. The van der Waals surface area contributed by atoms with Gasteiger partial charge in [-0.15, -0.1) is 18.2 Å². The highest BCUT2D eigenvalue weighted by atomic mass is 16.5. The molecular formula is C23H19NO-2. The summed E-state index contributed by atoms with van der Waals surface area (Å²) in [6, 6.07) is 25.6. The van der Waals surface area contributed by atoms with Crippen molar-refractivity contribution in [3.63, 3.8) is 0 Å². The Morgan fingerprint density at radius 1 is 1.12 bits per heavy atom. The van der Waals surface area contributed by atoms with Crippen molar-refractivity contribution in [1.82, 2.24) is 0 Å². The number of allylic oxidation sites excluding steroid dienone is 2. The van der Waals surface area contributed by atoms with Crippen molar-refractivity contribution in [1.29, 1.82) is 5.26 Å². The Morgan fingerprint density at radius 3 is 2.44 bits per heavy atom. The molecule has 0 spiro atoms. The Morgan fingerprint density at radius 2 is 1.84 bits per heavy atom. The molecule has 0 aliphatic carbocycles. The van der Waals surface area contributed by atoms with Gasteiger partial charge in [0.2, 0.25) is 0 Å². The third-order valence-corrected chi connectivity index (χ3v) is 4.13. The molecule has 0 fully saturated rings. The van der Waals surface area contributed by atoms with Crippen LogP contribution in [0, 0.1) is 11.3 Å². The molecule has 0 saturated carbocycles. The Hall–Kier alpha value is -3.31. The van der Waals surface area contributed by atoms with E-state index in [1.165, 1.54) is 5.56 Å². The van der Waals surface area contributed by atoms with Gasteiger partial charge in [0.15, 0.2) is 0 Å². The zero-order valence-corrected chi connectivity index (χ0v) is 14.4. The van der Waals surface area contributed by atoms with E-state index < -0.39 is 0 Å². The van der Waals surface area contributed by atoms with Gasteiger partial charge in [0, 0.05) is 0 Å². The third-order valence-electron chi connectivity index (χ3n) is 4.13. The maximum Gasteiger partial charge on any atom is 0.125 e. The molecule has 0 aliphatic rings. The van der Waals surface area contributed by atoms with Gasteiger partial charge in [-0.1, -0.05) is 23.6 Å². The highest BCUT2D eigenvalue weighted by Gasteiger charge is 2.05. The normalized spacial score (nSPS) is 12.4. The second kappa shape index (κ2) is 7.51. The maximum absolute atomic E-state index is 8.94. The van der Waals surface area contributed by atoms with E-state index in [1.807, 2.05) is 48.5 Å². The van der Waals surface area contributed by atoms with E-state index >= 15 is 0 Å². The number of ether oxygens (including phenoxy) is 1. The van der Waals surface area contributed by atoms with E-state index in [0.29, 0.717) is 5.56 Å². The van der Waals surface area contributed by atoms with Crippen LogP contribution >= 0.6 is 0 Å². The standard InChI is InChI=1S/C23H19NO/c1-17(15-19-7-3-4-8-19)18(2)23(21-9-5-6-10-21)25-22-13-11-20(16-24)12-14-22/h3-15H,1-2H3/q-2/b17-15-,23-18+. The van der Waals surface area contributed by atoms with Crippen LogP contribution in [0.3, 0.4) is 0 Å². The van der Waals surface area contributed by atoms with E-state index in [-0.39, 0.29) is 0 Å². The van der Waals surface area contributed by atoms with E-state index in [1.54, 1.807) is 12.1 Å². The summed E-state index contributed by atoms with van der Waals surface area (Å²) in [6.45, 7) is 4.16. The first-order chi connectivity index (χ1) is 12.2. The lowest BCUT2D eigenvalue weighted by Crippen LogP contribution is -1.99. The second-order valence-electron chi connectivity index (χ2n) is 5.91. The Kier molecular flexibility index (Phi) is 4.97. The molecule has 0 amide bonds. The SMILES string of the molecule is CC(=C/c1cc[cH-]c1)/C(C)=C(/Oc1ccc(C#N)cc1)[c-]1cccc1. The first-order valence-corrected chi connectivity index (χ1v) is 8.19. The molecule has 2 nitrogen and oxygen atoms in total. The highest BCUT2D eigenvalue weighted by Crippen LogP contribution is 2.28. The van der Waals surface area contributed by atoms with Crippen LogP contribution in [0.2, 0.25) is 0 Å². The number of hydrogen-bond acceptors (Lipinski definition) is 2. The lowest BCUT2D eigenvalue weighted by molar-refractivity contribution is 0.511. The predicted octanol–water partition coefficient (Wildman–Crippen LogP) is 5.91. The fraction of sp³-hybridized carbons (Fsp3) is 0.0870. The summed E-state index contributed by atoms with van der Waals surface area (Å²) >= 11 is 0. The molecule has 0 aromatic heterocycles. The van der Waals surface area contributed by atoms with Gasteiger partial charge in [-0.05, 0) is 31.2 Å². The molecule has 3 aromatic rings. The Balaban J connectivity index is 1.98. The van der Waals surface area contributed by atoms with Gasteiger partial charge in [-0.25, -0.2) is 6.07 Å². The van der Waals surface area contributed by atoms with Crippen LogP contribution in [0.25, 0.3) is 11.8 Å². The molecule has 2 heteroatoms. The van der Waals surface area contributed by atoms with Gasteiger partial charge in [0.1, 0.15) is 5.75 Å². The summed E-state index contributed by atoms with van der Waals surface area (Å²) in [6.07, 6.45) is 2.15. The summed E-state index contributed by atoms with van der Waals surface area (Å²) in [5.41, 5.74) is 5.07. The van der Waals surface area contributed by atoms with Crippen molar-refractivity contribution >= 4 is 11.8 Å². The Bertz CT molecular complexity index is 915. The van der Waals surface area contributed by atoms with Crippen LogP contribution in [0.15, 0.2) is 83.9 Å². The van der Waals surface area contributed by atoms with Gasteiger partial charge in [-0.2, -0.15) is 41.2 Å². The Labute approximate surface area is 148 Å². The molecule has 3 aromatic carbocycles.